The molecule has 4 nitrogen and oxygen atoms in total. The van der Waals surface area contributed by atoms with Crippen LogP contribution >= 0.6 is 12.2 Å². The van der Waals surface area contributed by atoms with Crippen LogP contribution in [0.3, 0.4) is 0 Å². The van der Waals surface area contributed by atoms with E-state index in [0.29, 0.717) is 5.69 Å². The Balaban J connectivity index is 2.64. The average Bonchev–Trinajstić information content (AvgIpc) is 2.28. The number of nitrogens with one attached hydrogen (secondary N) is 1. The van der Waals surface area contributed by atoms with Crippen LogP contribution in [0.15, 0.2) is 24.3 Å². The van der Waals surface area contributed by atoms with Gasteiger partial charge in [0.2, 0.25) is 5.91 Å². The van der Waals surface area contributed by atoms with Gasteiger partial charge in [-0.25, -0.2) is 0 Å². The first-order valence-corrected chi connectivity index (χ1v) is 6.27. The maximum atomic E-state index is 11.5. The number of thiocarbonyl (C=S) groups is 1. The standard InChI is InChI=1S/C13H18N2O2S/c1-3-9(2)17-11-6-4-5-10(7-11)15-13(16)8-12(14)18/h4-7,9H,3,8H2,1-2H3,(H2,14,18)(H,15,16). The molecule has 0 heterocycles. The number of hydrogen-bond donors (Lipinski definition) is 2. The smallest absolute Gasteiger partial charge is 0.231 e. The molecule has 0 fully saturated rings. The van der Waals surface area contributed by atoms with Crippen molar-refractivity contribution < 1.29 is 9.53 Å². The highest BCUT2D eigenvalue weighted by Crippen LogP contribution is 2.19. The third-order valence-corrected chi connectivity index (χ3v) is 2.51. The number of carbonyl (C=O) groups is 1. The summed E-state index contributed by atoms with van der Waals surface area (Å²) in [5, 5.41) is 2.72. The molecule has 0 aliphatic rings. The summed E-state index contributed by atoms with van der Waals surface area (Å²) in [4.78, 5) is 11.7. The fraction of sp³-hybridized carbons (Fsp3) is 0.385. The van der Waals surface area contributed by atoms with E-state index in [1.165, 1.54) is 0 Å². The lowest BCUT2D eigenvalue weighted by molar-refractivity contribution is -0.115. The van der Waals surface area contributed by atoms with E-state index >= 15 is 0 Å². The predicted molar refractivity (Wildman–Crippen MR) is 76.9 cm³/mol. The Morgan fingerprint density at radius 2 is 2.28 bits per heavy atom. The van der Waals surface area contributed by atoms with Crippen molar-refractivity contribution in [3.05, 3.63) is 24.3 Å². The zero-order valence-corrected chi connectivity index (χ0v) is 11.4. The van der Waals surface area contributed by atoms with Gasteiger partial charge < -0.3 is 15.8 Å². The van der Waals surface area contributed by atoms with Crippen molar-refractivity contribution in [2.45, 2.75) is 32.8 Å². The molecule has 1 unspecified atom stereocenters. The maximum absolute atomic E-state index is 11.5. The SMILES string of the molecule is CCC(C)Oc1cccc(NC(=O)CC(N)=S)c1. The number of amides is 1. The van der Waals surface area contributed by atoms with Crippen molar-refractivity contribution in [2.24, 2.45) is 5.73 Å². The molecule has 0 aliphatic carbocycles. The molecular weight excluding hydrogens is 248 g/mol. The summed E-state index contributed by atoms with van der Waals surface area (Å²) in [5.41, 5.74) is 5.98. The third-order valence-electron chi connectivity index (χ3n) is 2.36. The fourth-order valence-electron chi connectivity index (χ4n) is 1.33. The molecule has 5 heteroatoms. The average molecular weight is 266 g/mol. The van der Waals surface area contributed by atoms with Gasteiger partial charge in [-0.3, -0.25) is 4.79 Å². The van der Waals surface area contributed by atoms with Crippen LogP contribution in [0.25, 0.3) is 0 Å². The molecule has 0 bridgehead atoms. The quantitative estimate of drug-likeness (QED) is 0.776. The Bertz CT molecular complexity index is 435. The molecule has 0 aliphatic heterocycles. The van der Waals surface area contributed by atoms with Crippen LogP contribution in [0.2, 0.25) is 0 Å². The first-order valence-electron chi connectivity index (χ1n) is 5.86. The number of nitrogens with two attached hydrogens (primary N) is 1. The summed E-state index contributed by atoms with van der Waals surface area (Å²) >= 11 is 4.68. The lowest BCUT2D eigenvalue weighted by Crippen LogP contribution is -2.20. The van der Waals surface area contributed by atoms with Gasteiger partial charge in [0.15, 0.2) is 0 Å². The highest BCUT2D eigenvalue weighted by molar-refractivity contribution is 7.80. The van der Waals surface area contributed by atoms with E-state index in [1.54, 1.807) is 12.1 Å². The van der Waals surface area contributed by atoms with Gasteiger partial charge in [-0.1, -0.05) is 25.2 Å². The summed E-state index contributed by atoms with van der Waals surface area (Å²) in [5.74, 6) is 0.515. The largest absolute Gasteiger partial charge is 0.491 e. The molecule has 18 heavy (non-hydrogen) atoms. The molecule has 98 valence electrons. The number of hydrogen-bond acceptors (Lipinski definition) is 3. The molecule has 1 aromatic carbocycles. The summed E-state index contributed by atoms with van der Waals surface area (Å²) < 4.78 is 5.67. The minimum absolute atomic E-state index is 0.0474. The van der Waals surface area contributed by atoms with E-state index in [9.17, 15) is 4.79 Å². The zero-order valence-electron chi connectivity index (χ0n) is 10.6. The number of benzene rings is 1. The number of carbonyl (C=O) groups excluding carboxylic acids is 1. The van der Waals surface area contributed by atoms with Crippen LogP contribution in [-0.2, 0) is 4.79 Å². The van der Waals surface area contributed by atoms with Gasteiger partial charge in [-0.05, 0) is 25.5 Å². The Morgan fingerprint density at radius 3 is 2.89 bits per heavy atom. The van der Waals surface area contributed by atoms with Crippen molar-refractivity contribution in [3.63, 3.8) is 0 Å². The minimum atomic E-state index is -0.219. The minimum Gasteiger partial charge on any atom is -0.491 e. The van der Waals surface area contributed by atoms with E-state index in [2.05, 4.69) is 24.5 Å². The van der Waals surface area contributed by atoms with E-state index in [-0.39, 0.29) is 23.4 Å². The van der Waals surface area contributed by atoms with E-state index in [4.69, 9.17) is 10.5 Å². The highest BCUT2D eigenvalue weighted by Gasteiger charge is 2.06. The molecule has 1 rings (SSSR count). The molecule has 0 aromatic heterocycles. The van der Waals surface area contributed by atoms with Gasteiger partial charge in [-0.15, -0.1) is 0 Å². The Kier molecular flexibility index (Phi) is 5.58. The molecule has 3 N–H and O–H groups in total. The summed E-state index contributed by atoms with van der Waals surface area (Å²) in [6.45, 7) is 4.05. The van der Waals surface area contributed by atoms with Crippen molar-refractivity contribution in [1.29, 1.82) is 0 Å². The monoisotopic (exact) mass is 266 g/mol. The van der Waals surface area contributed by atoms with Gasteiger partial charge in [0.25, 0.3) is 0 Å². The van der Waals surface area contributed by atoms with Crippen LogP contribution in [0.1, 0.15) is 26.7 Å². The van der Waals surface area contributed by atoms with Crippen LogP contribution < -0.4 is 15.8 Å². The Labute approximate surface area is 113 Å². The molecule has 0 saturated heterocycles. The lowest BCUT2D eigenvalue weighted by Gasteiger charge is -2.13. The molecule has 0 spiro atoms. The maximum Gasteiger partial charge on any atom is 0.231 e. The van der Waals surface area contributed by atoms with Crippen LogP contribution in [0.5, 0.6) is 5.75 Å². The molecule has 0 radical (unpaired) electrons. The highest BCUT2D eigenvalue weighted by atomic mass is 32.1. The van der Waals surface area contributed by atoms with Crippen LogP contribution in [0.4, 0.5) is 5.69 Å². The van der Waals surface area contributed by atoms with E-state index < -0.39 is 0 Å². The van der Waals surface area contributed by atoms with Gasteiger partial charge in [0, 0.05) is 11.8 Å². The van der Waals surface area contributed by atoms with Crippen molar-refractivity contribution in [2.75, 3.05) is 5.32 Å². The Hall–Kier alpha value is -1.62. The first-order chi connectivity index (χ1) is 8.51. The second-order valence-electron chi connectivity index (χ2n) is 4.06. The van der Waals surface area contributed by atoms with Crippen molar-refractivity contribution >= 4 is 28.8 Å². The van der Waals surface area contributed by atoms with Crippen molar-refractivity contribution in [3.8, 4) is 5.75 Å². The van der Waals surface area contributed by atoms with Gasteiger partial charge in [-0.2, -0.15) is 0 Å². The number of rotatable bonds is 6. The molecule has 1 atom stereocenters. The Morgan fingerprint density at radius 1 is 1.56 bits per heavy atom. The third kappa shape index (κ3) is 5.14. The summed E-state index contributed by atoms with van der Waals surface area (Å²) in [6, 6.07) is 7.26. The zero-order chi connectivity index (χ0) is 13.5. The van der Waals surface area contributed by atoms with Gasteiger partial charge in [0.1, 0.15) is 5.75 Å². The number of anilines is 1. The molecular formula is C13H18N2O2S. The summed E-state index contributed by atoms with van der Waals surface area (Å²) in [7, 11) is 0. The first kappa shape index (κ1) is 14.4. The van der Waals surface area contributed by atoms with Gasteiger partial charge >= 0.3 is 0 Å². The fourth-order valence-corrected chi connectivity index (χ4v) is 1.46. The second kappa shape index (κ2) is 6.96. The topological polar surface area (TPSA) is 64.3 Å². The van der Waals surface area contributed by atoms with E-state index in [1.807, 2.05) is 19.1 Å². The summed E-state index contributed by atoms with van der Waals surface area (Å²) in [6.07, 6.45) is 1.12. The van der Waals surface area contributed by atoms with Crippen LogP contribution in [-0.4, -0.2) is 17.0 Å². The van der Waals surface area contributed by atoms with E-state index in [0.717, 1.165) is 12.2 Å². The van der Waals surface area contributed by atoms with Gasteiger partial charge in [0.05, 0.1) is 17.5 Å². The molecule has 0 saturated carbocycles. The second-order valence-corrected chi connectivity index (χ2v) is 4.58. The van der Waals surface area contributed by atoms with Crippen molar-refractivity contribution in [1.82, 2.24) is 0 Å². The molecule has 1 amide bonds. The normalized spacial score (nSPS) is 11.7. The predicted octanol–water partition coefficient (Wildman–Crippen LogP) is 2.48. The number of ether oxygens (including phenoxy) is 1. The van der Waals surface area contributed by atoms with Crippen LogP contribution in [0, 0.1) is 0 Å². The molecule has 1 aromatic rings. The lowest BCUT2D eigenvalue weighted by atomic mass is 10.2.